The van der Waals surface area contributed by atoms with Crippen LogP contribution in [0.1, 0.15) is 12.0 Å². The van der Waals surface area contributed by atoms with Gasteiger partial charge in [-0.1, -0.05) is 23.7 Å². The van der Waals surface area contributed by atoms with Gasteiger partial charge in [0.25, 0.3) is 0 Å². The van der Waals surface area contributed by atoms with E-state index in [0.717, 1.165) is 0 Å². The van der Waals surface area contributed by atoms with Crippen LogP contribution in [-0.2, 0) is 20.8 Å². The highest BCUT2D eigenvalue weighted by Crippen LogP contribution is 2.26. The van der Waals surface area contributed by atoms with Gasteiger partial charge in [-0.2, -0.15) is 0 Å². The number of halogens is 1. The molecule has 3 rings (SSSR count). The average Bonchev–Trinajstić information content (AvgIpc) is 3.05. The number of rotatable bonds is 6. The number of carboxylic acids is 1. The zero-order chi connectivity index (χ0) is 20.3. The normalized spacial score (nSPS) is 17.4. The van der Waals surface area contributed by atoms with Crippen LogP contribution in [0.4, 0.5) is 5.69 Å². The number of anilines is 1. The molecule has 0 radical (unpaired) electrons. The Hall–Kier alpha value is -3.06. The molecule has 1 aliphatic heterocycles. The van der Waals surface area contributed by atoms with E-state index in [2.05, 4.69) is 5.32 Å². The molecule has 2 aromatic carbocycles. The van der Waals surface area contributed by atoms with Gasteiger partial charge in [0.15, 0.2) is 0 Å². The monoisotopic (exact) mass is 402 g/mol. The molecule has 0 aromatic heterocycles. The molecule has 7 nitrogen and oxygen atoms in total. The predicted molar refractivity (Wildman–Crippen MR) is 103 cm³/mol. The van der Waals surface area contributed by atoms with Crippen LogP contribution < -0.4 is 10.2 Å². The lowest BCUT2D eigenvalue weighted by Gasteiger charge is -2.19. The van der Waals surface area contributed by atoms with Crippen molar-refractivity contribution in [2.45, 2.75) is 18.9 Å². The van der Waals surface area contributed by atoms with Gasteiger partial charge in [-0.15, -0.1) is 0 Å². The summed E-state index contributed by atoms with van der Waals surface area (Å²) in [5.74, 6) is -2.40. The lowest BCUT2D eigenvalue weighted by Crippen LogP contribution is -2.45. The minimum atomic E-state index is -1.17. The highest BCUT2D eigenvalue weighted by Gasteiger charge is 2.36. The first-order valence-corrected chi connectivity index (χ1v) is 9.08. The van der Waals surface area contributed by atoms with Crippen molar-refractivity contribution in [1.29, 1.82) is 0 Å². The number of carboxylic acid groups (broad SMARTS) is 1. The molecule has 0 saturated carbocycles. The molecular weight excluding hydrogens is 384 g/mol. The van der Waals surface area contributed by atoms with E-state index in [0.29, 0.717) is 16.3 Å². The molecule has 146 valence electrons. The summed E-state index contributed by atoms with van der Waals surface area (Å²) in [7, 11) is 0. The quantitative estimate of drug-likeness (QED) is 0.686. The Morgan fingerprint density at radius 1 is 1.14 bits per heavy atom. The van der Waals surface area contributed by atoms with Crippen molar-refractivity contribution in [2.75, 3.05) is 11.4 Å². The number of hydrogen-bond acceptors (Lipinski definition) is 4. The number of aliphatic carboxylic acids is 1. The van der Waals surface area contributed by atoms with Crippen LogP contribution in [0, 0.1) is 5.92 Å². The maximum atomic E-state index is 12.6. The van der Waals surface area contributed by atoms with Crippen molar-refractivity contribution >= 4 is 35.1 Å². The second kappa shape index (κ2) is 8.31. The van der Waals surface area contributed by atoms with E-state index in [1.165, 1.54) is 17.0 Å². The van der Waals surface area contributed by atoms with Gasteiger partial charge in [-0.05, 0) is 42.0 Å². The van der Waals surface area contributed by atoms with Gasteiger partial charge >= 0.3 is 5.97 Å². The Balaban J connectivity index is 1.65. The summed E-state index contributed by atoms with van der Waals surface area (Å²) in [6.45, 7) is 0.178. The number of nitrogens with zero attached hydrogens (tertiary/aromatic N) is 1. The van der Waals surface area contributed by atoms with Crippen LogP contribution in [-0.4, -0.2) is 40.6 Å². The van der Waals surface area contributed by atoms with Crippen LogP contribution in [0.5, 0.6) is 5.75 Å². The smallest absolute Gasteiger partial charge is 0.326 e. The highest BCUT2D eigenvalue weighted by molar-refractivity contribution is 6.30. The van der Waals surface area contributed by atoms with Gasteiger partial charge in [0.2, 0.25) is 11.8 Å². The minimum Gasteiger partial charge on any atom is -0.508 e. The fraction of sp³-hybridized carbons (Fsp3) is 0.250. The van der Waals surface area contributed by atoms with E-state index in [4.69, 9.17) is 11.6 Å². The summed E-state index contributed by atoms with van der Waals surface area (Å²) in [5.41, 5.74) is 1.30. The lowest BCUT2D eigenvalue weighted by atomic mass is 10.0. The van der Waals surface area contributed by atoms with Crippen molar-refractivity contribution in [1.82, 2.24) is 5.32 Å². The SMILES string of the molecule is O=C(NC(Cc1ccc(O)cc1)C(=O)O)C1CC(=O)N(c2ccc(Cl)cc2)C1. The number of hydrogen-bond donors (Lipinski definition) is 3. The van der Waals surface area contributed by atoms with E-state index >= 15 is 0 Å². The summed E-state index contributed by atoms with van der Waals surface area (Å²) in [6, 6.07) is 11.7. The Morgan fingerprint density at radius 2 is 1.79 bits per heavy atom. The first-order valence-electron chi connectivity index (χ1n) is 8.70. The third-order valence-corrected chi connectivity index (χ3v) is 4.88. The summed E-state index contributed by atoms with van der Waals surface area (Å²) in [5, 5.41) is 21.8. The number of amides is 2. The second-order valence-corrected chi connectivity index (χ2v) is 7.09. The highest BCUT2D eigenvalue weighted by atomic mass is 35.5. The topological polar surface area (TPSA) is 107 Å². The fourth-order valence-corrected chi connectivity index (χ4v) is 3.24. The molecule has 2 atom stereocenters. The minimum absolute atomic E-state index is 0.0139. The number of carbonyl (C=O) groups is 3. The van der Waals surface area contributed by atoms with Crippen LogP contribution in [0.2, 0.25) is 5.02 Å². The third kappa shape index (κ3) is 4.61. The number of carbonyl (C=O) groups excluding carboxylic acids is 2. The first kappa shape index (κ1) is 19.7. The van der Waals surface area contributed by atoms with E-state index in [9.17, 15) is 24.6 Å². The van der Waals surface area contributed by atoms with Crippen molar-refractivity contribution < 1.29 is 24.6 Å². The molecule has 0 bridgehead atoms. The number of nitrogens with one attached hydrogen (secondary N) is 1. The summed E-state index contributed by atoms with van der Waals surface area (Å²) in [4.78, 5) is 37.9. The zero-order valence-electron chi connectivity index (χ0n) is 14.8. The molecule has 2 unspecified atom stereocenters. The largest absolute Gasteiger partial charge is 0.508 e. The maximum Gasteiger partial charge on any atom is 0.326 e. The van der Waals surface area contributed by atoms with Crippen LogP contribution >= 0.6 is 11.6 Å². The number of aromatic hydroxyl groups is 1. The van der Waals surface area contributed by atoms with Gasteiger partial charge in [-0.3, -0.25) is 9.59 Å². The predicted octanol–water partition coefficient (Wildman–Crippen LogP) is 2.21. The number of benzene rings is 2. The van der Waals surface area contributed by atoms with Crippen LogP contribution in [0.15, 0.2) is 48.5 Å². The molecule has 2 amide bonds. The van der Waals surface area contributed by atoms with E-state index < -0.39 is 23.8 Å². The Bertz CT molecular complexity index is 882. The molecule has 3 N–H and O–H groups in total. The van der Waals surface area contributed by atoms with Crippen molar-refractivity contribution in [3.63, 3.8) is 0 Å². The zero-order valence-corrected chi connectivity index (χ0v) is 15.6. The first-order chi connectivity index (χ1) is 13.3. The van der Waals surface area contributed by atoms with E-state index in [-0.39, 0.29) is 31.0 Å². The number of phenolic OH excluding ortho intramolecular Hbond substituents is 1. The molecule has 28 heavy (non-hydrogen) atoms. The molecular formula is C20H19ClN2O5. The third-order valence-electron chi connectivity index (χ3n) is 4.62. The summed E-state index contributed by atoms with van der Waals surface area (Å²) in [6.07, 6.45) is 0.0862. The lowest BCUT2D eigenvalue weighted by molar-refractivity contribution is -0.142. The molecule has 1 heterocycles. The van der Waals surface area contributed by atoms with Crippen LogP contribution in [0.3, 0.4) is 0 Å². The van der Waals surface area contributed by atoms with Crippen LogP contribution in [0.25, 0.3) is 0 Å². The van der Waals surface area contributed by atoms with Crippen molar-refractivity contribution in [2.24, 2.45) is 5.92 Å². The molecule has 8 heteroatoms. The summed E-state index contributed by atoms with van der Waals surface area (Å²) < 4.78 is 0. The fourth-order valence-electron chi connectivity index (χ4n) is 3.11. The molecule has 2 aromatic rings. The van der Waals surface area contributed by atoms with E-state index in [1.807, 2.05) is 0 Å². The number of phenols is 1. The van der Waals surface area contributed by atoms with Gasteiger partial charge < -0.3 is 20.4 Å². The summed E-state index contributed by atoms with van der Waals surface area (Å²) >= 11 is 5.86. The Kier molecular flexibility index (Phi) is 5.84. The van der Waals surface area contributed by atoms with Gasteiger partial charge in [0.05, 0.1) is 5.92 Å². The average molecular weight is 403 g/mol. The Morgan fingerprint density at radius 3 is 2.39 bits per heavy atom. The molecule has 0 aliphatic carbocycles. The van der Waals surface area contributed by atoms with Gasteiger partial charge in [0, 0.05) is 30.1 Å². The molecule has 0 spiro atoms. The molecule has 1 aliphatic rings. The standard InChI is InChI=1S/C20H19ClN2O5/c21-14-3-5-15(6-4-14)23-11-13(10-18(23)25)19(26)22-17(20(27)28)9-12-1-7-16(24)8-2-12/h1-8,13,17,24H,9-11H2,(H,22,26)(H,27,28). The van der Waals surface area contributed by atoms with Gasteiger partial charge in [-0.25, -0.2) is 4.79 Å². The Labute approximate surface area is 166 Å². The van der Waals surface area contributed by atoms with Crippen molar-refractivity contribution in [3.8, 4) is 5.75 Å². The second-order valence-electron chi connectivity index (χ2n) is 6.65. The molecule has 1 saturated heterocycles. The van der Waals surface area contributed by atoms with Gasteiger partial charge in [0.1, 0.15) is 11.8 Å². The maximum absolute atomic E-state index is 12.6. The molecule has 1 fully saturated rings. The van der Waals surface area contributed by atoms with Crippen molar-refractivity contribution in [3.05, 3.63) is 59.1 Å². The van der Waals surface area contributed by atoms with E-state index in [1.54, 1.807) is 36.4 Å².